The van der Waals surface area contributed by atoms with Gasteiger partial charge in [-0.25, -0.2) is 14.4 Å². The van der Waals surface area contributed by atoms with E-state index in [2.05, 4.69) is 16.6 Å². The predicted octanol–water partition coefficient (Wildman–Crippen LogP) is 2.10. The zero-order valence-corrected chi connectivity index (χ0v) is 11.1. The molecule has 5 nitrogen and oxygen atoms in total. The van der Waals surface area contributed by atoms with Crippen LogP contribution in [0.25, 0.3) is 0 Å². The number of ether oxygens (including phenoxy) is 1. The summed E-state index contributed by atoms with van der Waals surface area (Å²) in [7, 11) is 0. The number of carboxylic acid groups (broad SMARTS) is 1. The van der Waals surface area contributed by atoms with Crippen molar-refractivity contribution >= 4 is 17.9 Å². The highest BCUT2D eigenvalue weighted by atomic mass is 16.6. The standard InChI is InChI=1S/C17H8O5/c18-15(19)12-8-11(7-6-10-4-2-1-3-5-10)14-13(9-12)16(20)22-17(14)21/h1-5,8-9H,(H,18,19). The van der Waals surface area contributed by atoms with Crippen molar-refractivity contribution in [2.75, 3.05) is 0 Å². The number of carboxylic acids is 1. The second-order valence-corrected chi connectivity index (χ2v) is 4.54. The molecule has 0 aliphatic carbocycles. The summed E-state index contributed by atoms with van der Waals surface area (Å²) in [6.07, 6.45) is 0. The summed E-state index contributed by atoms with van der Waals surface area (Å²) in [6.45, 7) is 0. The Hall–Kier alpha value is -3.39. The second-order valence-electron chi connectivity index (χ2n) is 4.54. The van der Waals surface area contributed by atoms with E-state index in [1.165, 1.54) is 6.07 Å². The maximum absolute atomic E-state index is 11.7. The Kier molecular flexibility index (Phi) is 3.20. The molecule has 1 aliphatic rings. The third-order valence-corrected chi connectivity index (χ3v) is 3.11. The van der Waals surface area contributed by atoms with Gasteiger partial charge in [-0.2, -0.15) is 0 Å². The highest BCUT2D eigenvalue weighted by Crippen LogP contribution is 2.25. The highest BCUT2D eigenvalue weighted by Gasteiger charge is 2.33. The van der Waals surface area contributed by atoms with Crippen LogP contribution in [0.15, 0.2) is 42.5 Å². The number of hydrogen-bond donors (Lipinski definition) is 1. The lowest BCUT2D eigenvalue weighted by Gasteiger charge is -2.00. The maximum atomic E-state index is 11.7. The number of esters is 2. The van der Waals surface area contributed by atoms with Crippen LogP contribution in [0.5, 0.6) is 0 Å². The Morgan fingerprint density at radius 1 is 1.00 bits per heavy atom. The molecule has 5 heteroatoms. The van der Waals surface area contributed by atoms with Crippen LogP contribution in [-0.2, 0) is 4.74 Å². The minimum absolute atomic E-state index is 0.0124. The van der Waals surface area contributed by atoms with Crippen molar-refractivity contribution in [2.24, 2.45) is 0 Å². The quantitative estimate of drug-likeness (QED) is 0.494. The van der Waals surface area contributed by atoms with Crippen LogP contribution in [0.3, 0.4) is 0 Å². The Balaban J connectivity index is 2.17. The Labute approximate surface area is 125 Å². The first-order chi connectivity index (χ1) is 10.6. The van der Waals surface area contributed by atoms with Crippen molar-refractivity contribution in [3.8, 4) is 11.8 Å². The molecular formula is C17H8O5. The van der Waals surface area contributed by atoms with Crippen LogP contribution in [0.1, 0.15) is 42.2 Å². The van der Waals surface area contributed by atoms with Crippen molar-refractivity contribution in [1.82, 2.24) is 0 Å². The molecule has 0 saturated carbocycles. The third-order valence-electron chi connectivity index (χ3n) is 3.11. The van der Waals surface area contributed by atoms with E-state index in [0.717, 1.165) is 6.07 Å². The summed E-state index contributed by atoms with van der Waals surface area (Å²) in [5.41, 5.74) is 0.688. The largest absolute Gasteiger partial charge is 0.478 e. The number of benzene rings is 2. The van der Waals surface area contributed by atoms with Crippen molar-refractivity contribution < 1.29 is 24.2 Å². The summed E-state index contributed by atoms with van der Waals surface area (Å²) >= 11 is 0. The van der Waals surface area contributed by atoms with E-state index in [-0.39, 0.29) is 22.3 Å². The summed E-state index contributed by atoms with van der Waals surface area (Å²) in [6, 6.07) is 11.4. The molecule has 0 amide bonds. The molecule has 0 fully saturated rings. The van der Waals surface area contributed by atoms with Gasteiger partial charge in [0.15, 0.2) is 0 Å². The van der Waals surface area contributed by atoms with Gasteiger partial charge < -0.3 is 9.84 Å². The average Bonchev–Trinajstić information content (AvgIpc) is 2.80. The number of carbonyl (C=O) groups is 3. The fraction of sp³-hybridized carbons (Fsp3) is 0. The molecule has 0 saturated heterocycles. The molecule has 2 aromatic rings. The average molecular weight is 292 g/mol. The summed E-state index contributed by atoms with van der Waals surface area (Å²) in [5, 5.41) is 9.09. The maximum Gasteiger partial charge on any atom is 0.348 e. The molecule has 22 heavy (non-hydrogen) atoms. The van der Waals surface area contributed by atoms with E-state index in [1.807, 2.05) is 6.07 Å². The van der Waals surface area contributed by atoms with Crippen LogP contribution >= 0.6 is 0 Å². The SMILES string of the molecule is O=C(O)c1cc(C#Cc2ccccc2)c2c(c1)C(=O)OC2=O. The zero-order chi connectivity index (χ0) is 15.7. The molecule has 0 bridgehead atoms. The fourth-order valence-corrected chi connectivity index (χ4v) is 2.10. The molecule has 0 aromatic heterocycles. The predicted molar refractivity (Wildman–Crippen MR) is 75.6 cm³/mol. The van der Waals surface area contributed by atoms with Gasteiger partial charge in [0.1, 0.15) is 0 Å². The Morgan fingerprint density at radius 2 is 1.73 bits per heavy atom. The van der Waals surface area contributed by atoms with Gasteiger partial charge in [-0.05, 0) is 24.3 Å². The number of cyclic esters (lactones) is 2. The van der Waals surface area contributed by atoms with Gasteiger partial charge in [0.2, 0.25) is 0 Å². The first-order valence-corrected chi connectivity index (χ1v) is 6.31. The van der Waals surface area contributed by atoms with E-state index in [4.69, 9.17) is 5.11 Å². The van der Waals surface area contributed by atoms with Gasteiger partial charge in [0.05, 0.1) is 16.7 Å². The molecular weight excluding hydrogens is 284 g/mol. The van der Waals surface area contributed by atoms with Crippen molar-refractivity contribution in [1.29, 1.82) is 0 Å². The lowest BCUT2D eigenvalue weighted by atomic mass is 9.99. The molecule has 3 rings (SSSR count). The Bertz CT molecular complexity index is 869. The zero-order valence-electron chi connectivity index (χ0n) is 11.1. The van der Waals surface area contributed by atoms with Gasteiger partial charge in [-0.3, -0.25) is 0 Å². The van der Waals surface area contributed by atoms with Crippen molar-refractivity contribution in [3.05, 3.63) is 70.3 Å². The first-order valence-electron chi connectivity index (χ1n) is 6.31. The molecule has 0 atom stereocenters. The van der Waals surface area contributed by atoms with E-state index >= 15 is 0 Å². The normalized spacial score (nSPS) is 12.2. The number of carbonyl (C=O) groups excluding carboxylic acids is 2. The van der Waals surface area contributed by atoms with E-state index < -0.39 is 17.9 Å². The second kappa shape index (κ2) is 5.19. The van der Waals surface area contributed by atoms with E-state index in [9.17, 15) is 14.4 Å². The van der Waals surface area contributed by atoms with E-state index in [1.54, 1.807) is 24.3 Å². The highest BCUT2D eigenvalue weighted by molar-refractivity contribution is 6.16. The van der Waals surface area contributed by atoms with Gasteiger partial charge in [0, 0.05) is 11.1 Å². The molecule has 0 radical (unpaired) electrons. The van der Waals surface area contributed by atoms with Crippen LogP contribution in [0.2, 0.25) is 0 Å². The summed E-state index contributed by atoms with van der Waals surface area (Å²) < 4.78 is 4.52. The minimum Gasteiger partial charge on any atom is -0.478 e. The minimum atomic E-state index is -1.21. The number of fused-ring (bicyclic) bond motifs is 1. The smallest absolute Gasteiger partial charge is 0.348 e. The number of rotatable bonds is 1. The van der Waals surface area contributed by atoms with Gasteiger partial charge in [-0.15, -0.1) is 0 Å². The molecule has 2 aromatic carbocycles. The van der Waals surface area contributed by atoms with Gasteiger partial charge in [-0.1, -0.05) is 30.0 Å². The lowest BCUT2D eigenvalue weighted by molar-refractivity contribution is 0.0443. The topological polar surface area (TPSA) is 80.7 Å². The molecule has 1 aliphatic heterocycles. The van der Waals surface area contributed by atoms with Crippen LogP contribution in [0, 0.1) is 11.8 Å². The number of hydrogen-bond acceptors (Lipinski definition) is 4. The monoisotopic (exact) mass is 292 g/mol. The van der Waals surface area contributed by atoms with Crippen molar-refractivity contribution in [3.63, 3.8) is 0 Å². The summed E-state index contributed by atoms with van der Waals surface area (Å²) in [5.74, 6) is 2.69. The molecule has 1 N–H and O–H groups in total. The van der Waals surface area contributed by atoms with Gasteiger partial charge in [0.25, 0.3) is 0 Å². The molecule has 106 valence electrons. The molecule has 0 spiro atoms. The third kappa shape index (κ3) is 2.34. The molecule has 1 heterocycles. The summed E-state index contributed by atoms with van der Waals surface area (Å²) in [4.78, 5) is 34.5. The fourth-order valence-electron chi connectivity index (χ4n) is 2.10. The molecule has 0 unspecified atom stereocenters. The van der Waals surface area contributed by atoms with E-state index in [0.29, 0.717) is 5.56 Å². The van der Waals surface area contributed by atoms with Crippen molar-refractivity contribution in [2.45, 2.75) is 0 Å². The first kappa shape index (κ1) is 13.6. The lowest BCUT2D eigenvalue weighted by Crippen LogP contribution is -2.03. The number of aromatic carboxylic acids is 1. The Morgan fingerprint density at radius 3 is 2.41 bits per heavy atom. The van der Waals surface area contributed by atoms with Crippen LogP contribution < -0.4 is 0 Å². The van der Waals surface area contributed by atoms with Crippen LogP contribution in [0.4, 0.5) is 0 Å². The van der Waals surface area contributed by atoms with Crippen LogP contribution in [-0.4, -0.2) is 23.0 Å². The van der Waals surface area contributed by atoms with Gasteiger partial charge >= 0.3 is 17.9 Å².